The van der Waals surface area contributed by atoms with Crippen LogP contribution in [0.4, 0.5) is 0 Å². The molecular weight excluding hydrogens is 204 g/mol. The third-order valence-corrected chi connectivity index (χ3v) is 4.07. The highest BCUT2D eigenvalue weighted by Gasteiger charge is 2.12. The van der Waals surface area contributed by atoms with Crippen LogP contribution in [0.3, 0.4) is 0 Å². The molecule has 1 aromatic rings. The highest BCUT2D eigenvalue weighted by atomic mass is 32.2. The van der Waals surface area contributed by atoms with E-state index in [1.165, 1.54) is 37.2 Å². The zero-order valence-electron chi connectivity index (χ0n) is 8.98. The minimum absolute atomic E-state index is 0.929. The van der Waals surface area contributed by atoms with Crippen molar-refractivity contribution in [1.82, 2.24) is 10.3 Å². The molecule has 0 saturated carbocycles. The van der Waals surface area contributed by atoms with Gasteiger partial charge < -0.3 is 5.32 Å². The minimum Gasteiger partial charge on any atom is -0.317 e. The summed E-state index contributed by atoms with van der Waals surface area (Å²) in [6, 6.07) is 4.21. The molecule has 2 nitrogen and oxygen atoms in total. The summed E-state index contributed by atoms with van der Waals surface area (Å²) in [6.07, 6.45) is 6.45. The van der Waals surface area contributed by atoms with E-state index in [2.05, 4.69) is 34.2 Å². The molecule has 3 heteroatoms. The summed E-state index contributed by atoms with van der Waals surface area (Å²) in [5.74, 6) is 3.37. The van der Waals surface area contributed by atoms with Crippen LogP contribution in [0.25, 0.3) is 0 Å². The van der Waals surface area contributed by atoms with Crippen molar-refractivity contribution >= 4 is 11.8 Å². The van der Waals surface area contributed by atoms with Crippen LogP contribution in [0.15, 0.2) is 24.5 Å². The summed E-state index contributed by atoms with van der Waals surface area (Å²) in [5.41, 5.74) is 1.39. The van der Waals surface area contributed by atoms with E-state index in [1.54, 1.807) is 0 Å². The fourth-order valence-electron chi connectivity index (χ4n) is 1.87. The van der Waals surface area contributed by atoms with Crippen molar-refractivity contribution in [3.05, 3.63) is 30.1 Å². The van der Waals surface area contributed by atoms with Crippen molar-refractivity contribution in [2.24, 2.45) is 5.92 Å². The maximum absolute atomic E-state index is 4.03. The van der Waals surface area contributed by atoms with Gasteiger partial charge in [0.1, 0.15) is 0 Å². The van der Waals surface area contributed by atoms with Gasteiger partial charge in [0, 0.05) is 18.1 Å². The summed E-state index contributed by atoms with van der Waals surface area (Å²) in [6.45, 7) is 2.42. The van der Waals surface area contributed by atoms with Crippen LogP contribution >= 0.6 is 11.8 Å². The van der Waals surface area contributed by atoms with Crippen LogP contribution in [0.2, 0.25) is 0 Å². The predicted octanol–water partition coefficient (Wildman–Crippen LogP) is 2.31. The maximum atomic E-state index is 4.03. The number of piperidine rings is 1. The molecule has 0 spiro atoms. The Hall–Kier alpha value is -0.540. The lowest BCUT2D eigenvalue weighted by Crippen LogP contribution is -2.28. The van der Waals surface area contributed by atoms with Gasteiger partial charge in [-0.25, -0.2) is 0 Å². The Morgan fingerprint density at radius 2 is 2.00 bits per heavy atom. The van der Waals surface area contributed by atoms with Gasteiger partial charge in [0.25, 0.3) is 0 Å². The van der Waals surface area contributed by atoms with E-state index in [9.17, 15) is 0 Å². The summed E-state index contributed by atoms with van der Waals surface area (Å²) >= 11 is 2.06. The zero-order valence-corrected chi connectivity index (χ0v) is 9.80. The Bertz CT molecular complexity index is 270. The Labute approximate surface area is 95.9 Å². The van der Waals surface area contributed by atoms with Gasteiger partial charge in [-0.1, -0.05) is 0 Å². The first kappa shape index (κ1) is 11.0. The van der Waals surface area contributed by atoms with Gasteiger partial charge in [-0.15, -0.1) is 0 Å². The van der Waals surface area contributed by atoms with Gasteiger partial charge in [0.15, 0.2) is 0 Å². The van der Waals surface area contributed by atoms with Crippen LogP contribution in [-0.4, -0.2) is 23.8 Å². The van der Waals surface area contributed by atoms with Gasteiger partial charge in [0.2, 0.25) is 0 Å². The lowest BCUT2D eigenvalue weighted by atomic mass is 10.0. The fourth-order valence-corrected chi connectivity index (χ4v) is 3.08. The number of rotatable bonds is 4. The van der Waals surface area contributed by atoms with E-state index >= 15 is 0 Å². The standard InChI is InChI=1S/C12H18N2S/c1-5-13-6-2-11(1)9-15-10-12-3-7-14-8-4-12/h1-2,5-6,12,14H,3-4,7-10H2. The molecule has 15 heavy (non-hydrogen) atoms. The molecule has 1 fully saturated rings. The van der Waals surface area contributed by atoms with Gasteiger partial charge in [-0.3, -0.25) is 4.98 Å². The average molecular weight is 222 g/mol. The lowest BCUT2D eigenvalue weighted by Gasteiger charge is -2.21. The van der Waals surface area contributed by atoms with Crippen molar-refractivity contribution in [2.45, 2.75) is 18.6 Å². The highest BCUT2D eigenvalue weighted by Crippen LogP contribution is 2.20. The third kappa shape index (κ3) is 3.84. The molecule has 2 rings (SSSR count). The zero-order chi connectivity index (χ0) is 10.3. The van der Waals surface area contributed by atoms with Crippen LogP contribution in [0.1, 0.15) is 18.4 Å². The molecule has 2 heterocycles. The van der Waals surface area contributed by atoms with Gasteiger partial charge in [-0.05, 0) is 55.3 Å². The second-order valence-electron chi connectivity index (χ2n) is 4.06. The molecule has 0 unspecified atom stereocenters. The average Bonchev–Trinajstić information content (AvgIpc) is 2.32. The number of nitrogens with one attached hydrogen (secondary N) is 1. The molecule has 1 aliphatic rings. The van der Waals surface area contributed by atoms with Crippen molar-refractivity contribution in [3.8, 4) is 0 Å². The summed E-state index contributed by atoms with van der Waals surface area (Å²) < 4.78 is 0. The monoisotopic (exact) mass is 222 g/mol. The molecule has 0 amide bonds. The second kappa shape index (κ2) is 6.13. The van der Waals surface area contributed by atoms with Crippen molar-refractivity contribution in [3.63, 3.8) is 0 Å². The Morgan fingerprint density at radius 3 is 2.73 bits per heavy atom. The third-order valence-electron chi connectivity index (χ3n) is 2.83. The van der Waals surface area contributed by atoms with Crippen molar-refractivity contribution in [2.75, 3.05) is 18.8 Å². The van der Waals surface area contributed by atoms with Crippen LogP contribution in [0.5, 0.6) is 0 Å². The van der Waals surface area contributed by atoms with Crippen LogP contribution in [-0.2, 0) is 5.75 Å². The minimum atomic E-state index is 0.929. The van der Waals surface area contributed by atoms with Crippen molar-refractivity contribution < 1.29 is 0 Å². The molecule has 0 aromatic carbocycles. The SMILES string of the molecule is c1cc(CSCC2CCNCC2)ccn1. The molecule has 0 bridgehead atoms. The van der Waals surface area contributed by atoms with Crippen LogP contribution in [0, 0.1) is 5.92 Å². The molecule has 1 aliphatic heterocycles. The summed E-state index contributed by atoms with van der Waals surface area (Å²) in [5, 5.41) is 3.41. The normalized spacial score (nSPS) is 17.9. The molecule has 0 radical (unpaired) electrons. The molecule has 0 atom stereocenters. The number of aromatic nitrogens is 1. The topological polar surface area (TPSA) is 24.9 Å². The summed E-state index contributed by atoms with van der Waals surface area (Å²) in [7, 11) is 0. The van der Waals surface area contributed by atoms with E-state index in [0.29, 0.717) is 0 Å². The fraction of sp³-hybridized carbons (Fsp3) is 0.583. The number of nitrogens with zero attached hydrogens (tertiary/aromatic N) is 1. The molecular formula is C12H18N2S. The van der Waals surface area contributed by atoms with E-state index in [0.717, 1.165) is 11.7 Å². The van der Waals surface area contributed by atoms with Crippen LogP contribution < -0.4 is 5.32 Å². The maximum Gasteiger partial charge on any atom is 0.0270 e. The van der Waals surface area contributed by atoms with E-state index in [1.807, 2.05) is 12.4 Å². The quantitative estimate of drug-likeness (QED) is 0.846. The first-order chi connectivity index (χ1) is 7.45. The number of pyridine rings is 1. The number of thioether (sulfide) groups is 1. The smallest absolute Gasteiger partial charge is 0.0270 e. The number of hydrogen-bond acceptors (Lipinski definition) is 3. The van der Waals surface area contributed by atoms with Gasteiger partial charge in [0.05, 0.1) is 0 Å². The first-order valence-electron chi connectivity index (χ1n) is 5.62. The van der Waals surface area contributed by atoms with Gasteiger partial charge >= 0.3 is 0 Å². The van der Waals surface area contributed by atoms with E-state index < -0.39 is 0 Å². The predicted molar refractivity (Wildman–Crippen MR) is 66.0 cm³/mol. The molecule has 1 aromatic heterocycles. The Morgan fingerprint density at radius 1 is 1.27 bits per heavy atom. The first-order valence-corrected chi connectivity index (χ1v) is 6.78. The Kier molecular flexibility index (Phi) is 4.48. The second-order valence-corrected chi connectivity index (χ2v) is 5.09. The molecule has 0 aliphatic carbocycles. The molecule has 82 valence electrons. The molecule has 1 saturated heterocycles. The van der Waals surface area contributed by atoms with E-state index in [4.69, 9.17) is 0 Å². The van der Waals surface area contributed by atoms with Gasteiger partial charge in [-0.2, -0.15) is 11.8 Å². The highest BCUT2D eigenvalue weighted by molar-refractivity contribution is 7.98. The Balaban J connectivity index is 1.66. The van der Waals surface area contributed by atoms with E-state index in [-0.39, 0.29) is 0 Å². The number of hydrogen-bond donors (Lipinski definition) is 1. The largest absolute Gasteiger partial charge is 0.317 e. The lowest BCUT2D eigenvalue weighted by molar-refractivity contribution is 0.408. The summed E-state index contributed by atoms with van der Waals surface area (Å²) in [4.78, 5) is 4.03. The van der Waals surface area contributed by atoms with Crippen molar-refractivity contribution in [1.29, 1.82) is 0 Å². The molecule has 1 N–H and O–H groups in total.